The summed E-state index contributed by atoms with van der Waals surface area (Å²) < 4.78 is 5.75. The molecule has 2 heterocycles. The lowest BCUT2D eigenvalue weighted by Crippen LogP contribution is -2.49. The van der Waals surface area contributed by atoms with Gasteiger partial charge < -0.3 is 15.0 Å². The van der Waals surface area contributed by atoms with E-state index in [1.807, 2.05) is 24.3 Å². The van der Waals surface area contributed by atoms with Gasteiger partial charge in [0, 0.05) is 45.0 Å². The lowest BCUT2D eigenvalue weighted by molar-refractivity contribution is -0.126. The Morgan fingerprint density at radius 1 is 1.07 bits per heavy atom. The van der Waals surface area contributed by atoms with Gasteiger partial charge in [0.05, 0.1) is 5.92 Å². The maximum atomic E-state index is 12.5. The van der Waals surface area contributed by atoms with Gasteiger partial charge in [-0.1, -0.05) is 30.3 Å². The Hall–Kier alpha value is -2.53. The van der Waals surface area contributed by atoms with Crippen molar-refractivity contribution in [1.29, 1.82) is 0 Å². The van der Waals surface area contributed by atoms with E-state index in [-0.39, 0.29) is 11.8 Å². The van der Waals surface area contributed by atoms with Gasteiger partial charge in [0.25, 0.3) is 0 Å². The number of rotatable bonds is 5. The average molecular weight is 394 g/mol. The van der Waals surface area contributed by atoms with Crippen LogP contribution in [0, 0.1) is 19.8 Å². The van der Waals surface area contributed by atoms with Crippen LogP contribution in [0.4, 0.5) is 5.69 Å². The van der Waals surface area contributed by atoms with Crippen LogP contribution >= 0.6 is 0 Å². The molecule has 1 saturated heterocycles. The van der Waals surface area contributed by atoms with Gasteiger partial charge in [-0.15, -0.1) is 0 Å². The predicted molar refractivity (Wildman–Crippen MR) is 117 cm³/mol. The van der Waals surface area contributed by atoms with Crippen LogP contribution in [0.25, 0.3) is 0 Å². The molecule has 2 aliphatic heterocycles. The fourth-order valence-electron chi connectivity index (χ4n) is 4.27. The van der Waals surface area contributed by atoms with Crippen molar-refractivity contribution in [1.82, 2.24) is 10.2 Å². The van der Waals surface area contributed by atoms with Crippen molar-refractivity contribution in [2.24, 2.45) is 5.92 Å². The molecule has 0 aliphatic carbocycles. The Kier molecular flexibility index (Phi) is 6.05. The Bertz CT molecular complexity index is 859. The molecule has 0 saturated carbocycles. The van der Waals surface area contributed by atoms with E-state index >= 15 is 0 Å². The van der Waals surface area contributed by atoms with Gasteiger partial charge in [0.2, 0.25) is 5.91 Å². The van der Waals surface area contributed by atoms with Crippen LogP contribution in [0.15, 0.2) is 42.5 Å². The number of carbonyl (C=O) groups excluding carboxylic acids is 1. The van der Waals surface area contributed by atoms with E-state index in [0.717, 1.165) is 50.5 Å². The zero-order valence-electron chi connectivity index (χ0n) is 17.5. The van der Waals surface area contributed by atoms with Crippen molar-refractivity contribution in [3.8, 4) is 5.75 Å². The Labute approximate surface area is 173 Å². The molecule has 29 heavy (non-hydrogen) atoms. The summed E-state index contributed by atoms with van der Waals surface area (Å²) in [5, 5.41) is 3.12. The first-order valence-electron chi connectivity index (χ1n) is 10.6. The number of para-hydroxylation sites is 1. The highest BCUT2D eigenvalue weighted by molar-refractivity contribution is 5.79. The van der Waals surface area contributed by atoms with E-state index in [2.05, 4.69) is 47.2 Å². The minimum absolute atomic E-state index is 0.0916. The first-order valence-corrected chi connectivity index (χ1v) is 10.6. The maximum Gasteiger partial charge on any atom is 0.226 e. The van der Waals surface area contributed by atoms with E-state index < -0.39 is 0 Å². The standard InChI is InChI=1S/C24H31N3O2/c1-18-6-5-8-22(19(18)2)27-14-12-26(13-15-27)11-10-25-24(28)21-16-20-7-3-4-9-23(20)29-17-21/h3-9,21H,10-17H2,1-2H3,(H,25,28)/t21-/m1/s1. The van der Waals surface area contributed by atoms with Crippen LogP contribution in [-0.2, 0) is 11.2 Å². The zero-order chi connectivity index (χ0) is 20.2. The summed E-state index contributed by atoms with van der Waals surface area (Å²) in [7, 11) is 0. The van der Waals surface area contributed by atoms with Crippen LogP contribution in [0.5, 0.6) is 5.75 Å². The van der Waals surface area contributed by atoms with Crippen molar-refractivity contribution in [2.45, 2.75) is 20.3 Å². The summed E-state index contributed by atoms with van der Waals surface area (Å²) >= 11 is 0. The Morgan fingerprint density at radius 2 is 1.86 bits per heavy atom. The molecule has 154 valence electrons. The van der Waals surface area contributed by atoms with Gasteiger partial charge in [-0.3, -0.25) is 9.69 Å². The number of hydrogen-bond acceptors (Lipinski definition) is 4. The average Bonchev–Trinajstić information content (AvgIpc) is 2.76. The quantitative estimate of drug-likeness (QED) is 0.849. The van der Waals surface area contributed by atoms with Gasteiger partial charge in [-0.2, -0.15) is 0 Å². The molecule has 4 rings (SSSR count). The molecule has 0 aromatic heterocycles. The SMILES string of the molecule is Cc1cccc(N2CCN(CCNC(=O)[C@H]3COc4ccccc4C3)CC2)c1C. The molecule has 2 aliphatic rings. The normalized spacial score (nSPS) is 19.4. The second-order valence-electron chi connectivity index (χ2n) is 8.16. The summed E-state index contributed by atoms with van der Waals surface area (Å²) in [6.45, 7) is 10.6. The molecule has 1 N–H and O–H groups in total. The first-order chi connectivity index (χ1) is 14.1. The van der Waals surface area contributed by atoms with Crippen molar-refractivity contribution < 1.29 is 9.53 Å². The minimum atomic E-state index is -0.0916. The number of hydrogen-bond donors (Lipinski definition) is 1. The molecule has 0 spiro atoms. The Morgan fingerprint density at radius 3 is 2.69 bits per heavy atom. The van der Waals surface area contributed by atoms with Gasteiger partial charge in [0.1, 0.15) is 12.4 Å². The zero-order valence-corrected chi connectivity index (χ0v) is 17.5. The van der Waals surface area contributed by atoms with Gasteiger partial charge in [0.15, 0.2) is 0 Å². The van der Waals surface area contributed by atoms with E-state index in [1.165, 1.54) is 16.8 Å². The summed E-state index contributed by atoms with van der Waals surface area (Å²) in [6.07, 6.45) is 0.760. The first kappa shape index (κ1) is 19.8. The Balaban J connectivity index is 1.20. The molecule has 0 unspecified atom stereocenters. The highest BCUT2D eigenvalue weighted by atomic mass is 16.5. The van der Waals surface area contributed by atoms with Crippen molar-refractivity contribution >= 4 is 11.6 Å². The number of nitrogens with one attached hydrogen (secondary N) is 1. The summed E-state index contributed by atoms with van der Waals surface area (Å²) in [5.41, 5.74) is 5.21. The number of ether oxygens (including phenoxy) is 1. The van der Waals surface area contributed by atoms with Crippen molar-refractivity contribution in [3.05, 3.63) is 59.2 Å². The molecule has 0 bridgehead atoms. The molecular weight excluding hydrogens is 362 g/mol. The summed E-state index contributed by atoms with van der Waals surface area (Å²) in [4.78, 5) is 17.5. The number of anilines is 1. The number of benzene rings is 2. The third-order valence-electron chi connectivity index (χ3n) is 6.27. The van der Waals surface area contributed by atoms with E-state index in [9.17, 15) is 4.79 Å². The van der Waals surface area contributed by atoms with Crippen LogP contribution in [0.3, 0.4) is 0 Å². The third-order valence-corrected chi connectivity index (χ3v) is 6.27. The number of carbonyl (C=O) groups is 1. The van der Waals surface area contributed by atoms with Gasteiger partial charge in [-0.05, 0) is 49.1 Å². The number of piperazine rings is 1. The van der Waals surface area contributed by atoms with Crippen LogP contribution < -0.4 is 15.0 Å². The molecule has 0 radical (unpaired) electrons. The van der Waals surface area contributed by atoms with E-state index in [4.69, 9.17) is 4.74 Å². The summed E-state index contributed by atoms with van der Waals surface area (Å²) in [6, 6.07) is 14.5. The maximum absolute atomic E-state index is 12.5. The largest absolute Gasteiger partial charge is 0.492 e. The van der Waals surface area contributed by atoms with Crippen molar-refractivity contribution in [2.75, 3.05) is 50.8 Å². The fourth-order valence-corrected chi connectivity index (χ4v) is 4.27. The molecule has 5 heteroatoms. The van der Waals surface area contributed by atoms with Crippen LogP contribution in [0.1, 0.15) is 16.7 Å². The number of amides is 1. The molecular formula is C24H31N3O2. The van der Waals surface area contributed by atoms with Gasteiger partial charge >= 0.3 is 0 Å². The molecule has 2 aromatic carbocycles. The molecule has 1 amide bonds. The number of fused-ring (bicyclic) bond motifs is 1. The predicted octanol–water partition coefficient (Wildman–Crippen LogP) is 2.79. The lowest BCUT2D eigenvalue weighted by Gasteiger charge is -2.37. The highest BCUT2D eigenvalue weighted by Gasteiger charge is 2.26. The smallest absolute Gasteiger partial charge is 0.226 e. The molecule has 1 atom stereocenters. The van der Waals surface area contributed by atoms with Crippen molar-refractivity contribution in [3.63, 3.8) is 0 Å². The lowest BCUT2D eigenvalue weighted by atomic mass is 9.96. The van der Waals surface area contributed by atoms with E-state index in [0.29, 0.717) is 13.2 Å². The second kappa shape index (κ2) is 8.87. The van der Waals surface area contributed by atoms with Gasteiger partial charge in [-0.25, -0.2) is 0 Å². The van der Waals surface area contributed by atoms with Crippen LogP contribution in [0.2, 0.25) is 0 Å². The number of nitrogens with zero attached hydrogens (tertiary/aromatic N) is 2. The molecule has 5 nitrogen and oxygen atoms in total. The number of aryl methyl sites for hydroxylation is 1. The monoisotopic (exact) mass is 393 g/mol. The second-order valence-corrected chi connectivity index (χ2v) is 8.16. The topological polar surface area (TPSA) is 44.8 Å². The molecule has 2 aromatic rings. The summed E-state index contributed by atoms with van der Waals surface area (Å²) in [5.74, 6) is 0.929. The highest BCUT2D eigenvalue weighted by Crippen LogP contribution is 2.27. The third kappa shape index (κ3) is 4.56. The van der Waals surface area contributed by atoms with Crippen LogP contribution in [-0.4, -0.2) is 56.7 Å². The van der Waals surface area contributed by atoms with E-state index in [1.54, 1.807) is 0 Å². The fraction of sp³-hybridized carbons (Fsp3) is 0.458. The molecule has 1 fully saturated rings. The minimum Gasteiger partial charge on any atom is -0.492 e.